The topological polar surface area (TPSA) is 58.1 Å². The van der Waals surface area contributed by atoms with Crippen LogP contribution in [0.2, 0.25) is 0 Å². The molecular formula is C7H11N3O2. The second-order valence-electron chi connectivity index (χ2n) is 2.74. The lowest BCUT2D eigenvalue weighted by Gasteiger charge is -2.17. The average Bonchev–Trinajstić information content (AvgIpc) is 1.82. The molecule has 0 aliphatic heterocycles. The highest BCUT2D eigenvalue weighted by Gasteiger charge is 2.01. The van der Waals surface area contributed by atoms with E-state index in [1.807, 2.05) is 0 Å². The van der Waals surface area contributed by atoms with Gasteiger partial charge in [0, 0.05) is 25.9 Å². The fourth-order valence-electron chi connectivity index (χ4n) is 1.10. The van der Waals surface area contributed by atoms with Gasteiger partial charge in [0.15, 0.2) is 0 Å². The first-order valence-corrected chi connectivity index (χ1v) is 3.53. The molecule has 5 heteroatoms. The van der Waals surface area contributed by atoms with Gasteiger partial charge < -0.3 is 5.01 Å². The van der Waals surface area contributed by atoms with Crippen molar-refractivity contribution in [3.63, 3.8) is 0 Å². The van der Waals surface area contributed by atoms with E-state index in [1.54, 1.807) is 26.0 Å². The maximum atomic E-state index is 11.2. The molecule has 0 bridgehead atoms. The van der Waals surface area contributed by atoms with Crippen LogP contribution in [-0.2, 0) is 0 Å². The molecule has 0 aromatic carbocycles. The van der Waals surface area contributed by atoms with Crippen LogP contribution in [0.25, 0.3) is 0 Å². The van der Waals surface area contributed by atoms with Crippen molar-refractivity contribution < 1.29 is 0 Å². The Morgan fingerprint density at radius 1 is 1.42 bits per heavy atom. The Balaban J connectivity index is 3.49. The van der Waals surface area contributed by atoms with Gasteiger partial charge in [0.1, 0.15) is 0 Å². The Bertz CT molecular complexity index is 388. The molecule has 1 rings (SSSR count). The summed E-state index contributed by atoms with van der Waals surface area (Å²) in [6, 6.07) is 1.38. The molecule has 1 aromatic heterocycles. The number of hydrogen-bond donors (Lipinski definition) is 1. The van der Waals surface area contributed by atoms with E-state index in [2.05, 4.69) is 4.98 Å². The van der Waals surface area contributed by atoms with Crippen molar-refractivity contribution >= 4 is 0 Å². The number of nitrogens with one attached hydrogen (secondary N) is 1. The second-order valence-corrected chi connectivity index (χ2v) is 2.74. The molecule has 0 fully saturated rings. The number of nitrogens with zero attached hydrogens (tertiary/aromatic N) is 2. The predicted octanol–water partition coefficient (Wildman–Crippen LogP) is -0.957. The first-order chi connectivity index (χ1) is 5.52. The van der Waals surface area contributed by atoms with Crippen molar-refractivity contribution in [1.82, 2.24) is 9.66 Å². The van der Waals surface area contributed by atoms with Crippen molar-refractivity contribution in [2.75, 3.05) is 19.1 Å². The third-order valence-electron chi connectivity index (χ3n) is 1.50. The van der Waals surface area contributed by atoms with E-state index in [-0.39, 0.29) is 5.56 Å². The summed E-state index contributed by atoms with van der Waals surface area (Å²) in [6.07, 6.45) is 0. The van der Waals surface area contributed by atoms with Gasteiger partial charge in [-0.1, -0.05) is 0 Å². The van der Waals surface area contributed by atoms with E-state index in [0.717, 1.165) is 0 Å². The van der Waals surface area contributed by atoms with Crippen LogP contribution in [0, 0.1) is 6.92 Å². The van der Waals surface area contributed by atoms with E-state index in [9.17, 15) is 9.59 Å². The normalized spacial score (nSPS) is 9.92. The monoisotopic (exact) mass is 169 g/mol. The third kappa shape index (κ3) is 1.39. The summed E-state index contributed by atoms with van der Waals surface area (Å²) in [4.78, 5) is 24.1. The fraction of sp³-hybridized carbons (Fsp3) is 0.429. The highest BCUT2D eigenvalue weighted by molar-refractivity contribution is 5.01. The Kier molecular flexibility index (Phi) is 2.03. The Labute approximate surface area is 69.2 Å². The minimum Gasteiger partial charge on any atom is -0.315 e. The van der Waals surface area contributed by atoms with Crippen molar-refractivity contribution in [1.29, 1.82) is 0 Å². The molecule has 0 amide bonds. The summed E-state index contributed by atoms with van der Waals surface area (Å²) in [5.41, 5.74) is -0.158. The fourth-order valence-corrected chi connectivity index (χ4v) is 1.10. The summed E-state index contributed by atoms with van der Waals surface area (Å²) >= 11 is 0. The maximum absolute atomic E-state index is 11.2. The van der Waals surface area contributed by atoms with E-state index in [0.29, 0.717) is 5.69 Å². The van der Waals surface area contributed by atoms with Crippen LogP contribution >= 0.6 is 0 Å². The van der Waals surface area contributed by atoms with Gasteiger partial charge in [-0.2, -0.15) is 0 Å². The molecule has 0 aliphatic carbocycles. The minimum absolute atomic E-state index is 0.365. The van der Waals surface area contributed by atoms with Gasteiger partial charge >= 0.3 is 5.69 Å². The molecule has 0 saturated carbocycles. The van der Waals surface area contributed by atoms with Crippen molar-refractivity contribution in [3.05, 3.63) is 32.6 Å². The molecular weight excluding hydrogens is 158 g/mol. The zero-order chi connectivity index (χ0) is 9.30. The highest BCUT2D eigenvalue weighted by atomic mass is 16.2. The minimum atomic E-state index is -0.412. The molecule has 66 valence electrons. The van der Waals surface area contributed by atoms with Crippen LogP contribution in [-0.4, -0.2) is 23.8 Å². The Hall–Kier alpha value is -1.52. The lowest BCUT2D eigenvalue weighted by molar-refractivity contribution is 0.649. The largest absolute Gasteiger partial charge is 0.347 e. The molecule has 5 nitrogen and oxygen atoms in total. The van der Waals surface area contributed by atoms with E-state index < -0.39 is 5.69 Å². The lowest BCUT2D eigenvalue weighted by Crippen LogP contribution is -2.41. The standard InChI is InChI=1S/C7H11N3O2/c1-5-4-6(11)8-7(12)10(5)9(2)3/h4H,1-3H3,(H,8,11,12). The number of aromatic amines is 1. The summed E-state index contributed by atoms with van der Waals surface area (Å²) in [5, 5.41) is 1.60. The molecule has 0 aliphatic rings. The van der Waals surface area contributed by atoms with Crippen LogP contribution in [0.5, 0.6) is 0 Å². The quantitative estimate of drug-likeness (QED) is 0.589. The Morgan fingerprint density at radius 3 is 2.42 bits per heavy atom. The van der Waals surface area contributed by atoms with Crippen LogP contribution in [0.3, 0.4) is 0 Å². The first kappa shape index (κ1) is 8.58. The van der Waals surface area contributed by atoms with Crippen LogP contribution < -0.4 is 16.3 Å². The SMILES string of the molecule is Cc1cc(=O)[nH]c(=O)n1N(C)C. The molecule has 0 saturated heterocycles. The smallest absolute Gasteiger partial charge is 0.315 e. The van der Waals surface area contributed by atoms with Crippen molar-refractivity contribution in [2.45, 2.75) is 6.92 Å². The summed E-state index contributed by atoms with van der Waals surface area (Å²) in [7, 11) is 3.46. The molecule has 0 spiro atoms. The van der Waals surface area contributed by atoms with E-state index >= 15 is 0 Å². The van der Waals surface area contributed by atoms with Crippen LogP contribution in [0.1, 0.15) is 5.69 Å². The second kappa shape index (κ2) is 2.84. The Morgan fingerprint density at radius 2 is 2.00 bits per heavy atom. The number of aromatic nitrogens is 2. The van der Waals surface area contributed by atoms with Gasteiger partial charge in [-0.05, 0) is 6.92 Å². The van der Waals surface area contributed by atoms with Gasteiger partial charge in [0.2, 0.25) is 0 Å². The molecule has 12 heavy (non-hydrogen) atoms. The van der Waals surface area contributed by atoms with Gasteiger partial charge in [0.05, 0.1) is 0 Å². The van der Waals surface area contributed by atoms with Gasteiger partial charge in [-0.15, -0.1) is 0 Å². The van der Waals surface area contributed by atoms with Crippen LogP contribution in [0.4, 0.5) is 0 Å². The number of H-pyrrole nitrogens is 1. The zero-order valence-electron chi connectivity index (χ0n) is 7.29. The molecule has 0 radical (unpaired) electrons. The van der Waals surface area contributed by atoms with Crippen molar-refractivity contribution in [2.24, 2.45) is 0 Å². The van der Waals surface area contributed by atoms with Gasteiger partial charge in [-0.3, -0.25) is 9.78 Å². The highest BCUT2D eigenvalue weighted by Crippen LogP contribution is 1.86. The van der Waals surface area contributed by atoms with Gasteiger partial charge in [-0.25, -0.2) is 9.47 Å². The molecule has 1 aromatic rings. The van der Waals surface area contributed by atoms with E-state index in [4.69, 9.17) is 0 Å². The predicted molar refractivity (Wildman–Crippen MR) is 46.1 cm³/mol. The van der Waals surface area contributed by atoms with Crippen molar-refractivity contribution in [3.8, 4) is 0 Å². The zero-order valence-corrected chi connectivity index (χ0v) is 7.29. The summed E-state index contributed by atoms with van der Waals surface area (Å²) < 4.78 is 1.38. The number of rotatable bonds is 1. The maximum Gasteiger partial charge on any atom is 0.347 e. The summed E-state index contributed by atoms with van der Waals surface area (Å²) in [6.45, 7) is 1.70. The lowest BCUT2D eigenvalue weighted by atomic mass is 10.4. The number of hydrogen-bond acceptors (Lipinski definition) is 3. The van der Waals surface area contributed by atoms with Gasteiger partial charge in [0.25, 0.3) is 5.56 Å². The molecule has 1 heterocycles. The van der Waals surface area contributed by atoms with E-state index in [1.165, 1.54) is 10.7 Å². The first-order valence-electron chi connectivity index (χ1n) is 3.53. The summed E-state index contributed by atoms with van der Waals surface area (Å²) in [5.74, 6) is 0. The molecule has 1 N–H and O–H groups in total. The number of aryl methyl sites for hydroxylation is 1. The molecule has 0 unspecified atom stereocenters. The van der Waals surface area contributed by atoms with Crippen LogP contribution in [0.15, 0.2) is 15.7 Å². The third-order valence-corrected chi connectivity index (χ3v) is 1.50. The average molecular weight is 169 g/mol. The molecule has 0 atom stereocenters.